The summed E-state index contributed by atoms with van der Waals surface area (Å²) in [6, 6.07) is 0. The molecule has 1 fully saturated rings. The molecule has 2 heterocycles. The molecule has 1 aliphatic rings. The monoisotopic (exact) mass is 242 g/mol. The molecule has 1 unspecified atom stereocenters. The zero-order valence-electron chi connectivity index (χ0n) is 8.97. The highest BCUT2D eigenvalue weighted by Crippen LogP contribution is 2.26. The lowest BCUT2D eigenvalue weighted by molar-refractivity contribution is 0.571. The van der Waals surface area contributed by atoms with Gasteiger partial charge >= 0.3 is 0 Å². The van der Waals surface area contributed by atoms with Crippen molar-refractivity contribution in [2.24, 2.45) is 0 Å². The molecular formula is C9H14N4O2S. The number of hydrogen-bond donors (Lipinski definition) is 2. The molecule has 1 aromatic heterocycles. The molecule has 6 nitrogen and oxygen atoms in total. The Hall–Kier alpha value is -1.37. The molecule has 1 aliphatic heterocycles. The van der Waals surface area contributed by atoms with Crippen LogP contribution in [0, 0.1) is 0 Å². The number of rotatable bonds is 2. The van der Waals surface area contributed by atoms with E-state index in [2.05, 4.69) is 15.3 Å². The molecule has 2 rings (SSSR count). The van der Waals surface area contributed by atoms with Crippen molar-refractivity contribution in [1.82, 2.24) is 9.97 Å². The molecule has 3 N–H and O–H groups in total. The zero-order chi connectivity index (χ0) is 11.8. The van der Waals surface area contributed by atoms with Gasteiger partial charge in [-0.05, 0) is 13.3 Å². The van der Waals surface area contributed by atoms with Crippen molar-refractivity contribution in [2.45, 2.75) is 18.9 Å². The molecule has 0 saturated carbocycles. The molecule has 1 aromatic rings. The van der Waals surface area contributed by atoms with Crippen LogP contribution in [0.25, 0.3) is 0 Å². The van der Waals surface area contributed by atoms with Crippen molar-refractivity contribution in [3.63, 3.8) is 0 Å². The Morgan fingerprint density at radius 2 is 2.19 bits per heavy atom. The molecule has 16 heavy (non-hydrogen) atoms. The summed E-state index contributed by atoms with van der Waals surface area (Å²) in [5.41, 5.74) is 4.96. The van der Waals surface area contributed by atoms with Crippen LogP contribution in [0.15, 0.2) is 12.4 Å². The Balaban J connectivity index is 2.13. The average Bonchev–Trinajstić information content (AvgIpc) is 2.45. The van der Waals surface area contributed by atoms with Gasteiger partial charge in [0.05, 0.1) is 29.4 Å². The first-order valence-corrected chi connectivity index (χ1v) is 6.77. The fraction of sp³-hybridized carbons (Fsp3) is 0.556. The van der Waals surface area contributed by atoms with Gasteiger partial charge in [0.25, 0.3) is 0 Å². The number of nitrogens with two attached hydrogens (primary N) is 1. The van der Waals surface area contributed by atoms with E-state index in [0.717, 1.165) is 0 Å². The highest BCUT2D eigenvalue weighted by atomic mass is 32.2. The van der Waals surface area contributed by atoms with Crippen LogP contribution in [0.3, 0.4) is 0 Å². The van der Waals surface area contributed by atoms with E-state index >= 15 is 0 Å². The second-order valence-corrected chi connectivity index (χ2v) is 6.54. The molecule has 7 heteroatoms. The Morgan fingerprint density at radius 1 is 1.44 bits per heavy atom. The van der Waals surface area contributed by atoms with Gasteiger partial charge in [-0.2, -0.15) is 0 Å². The van der Waals surface area contributed by atoms with Crippen LogP contribution in [-0.2, 0) is 9.84 Å². The Morgan fingerprint density at radius 3 is 2.69 bits per heavy atom. The first-order valence-electron chi connectivity index (χ1n) is 4.95. The van der Waals surface area contributed by atoms with Gasteiger partial charge in [-0.1, -0.05) is 0 Å². The second kappa shape index (κ2) is 3.58. The van der Waals surface area contributed by atoms with Gasteiger partial charge in [0.2, 0.25) is 0 Å². The van der Waals surface area contributed by atoms with E-state index in [1.165, 1.54) is 12.4 Å². The third-order valence-corrected chi connectivity index (χ3v) is 4.51. The number of sulfone groups is 1. The number of anilines is 2. The topological polar surface area (TPSA) is 98.0 Å². The van der Waals surface area contributed by atoms with Crippen molar-refractivity contribution in [1.29, 1.82) is 0 Å². The Labute approximate surface area is 94.2 Å². The maximum atomic E-state index is 11.4. The molecule has 0 amide bonds. The molecule has 0 spiro atoms. The lowest BCUT2D eigenvalue weighted by Gasteiger charge is -2.24. The average molecular weight is 242 g/mol. The third kappa shape index (κ3) is 2.41. The molecular weight excluding hydrogens is 228 g/mol. The van der Waals surface area contributed by atoms with E-state index in [9.17, 15) is 8.42 Å². The van der Waals surface area contributed by atoms with Crippen LogP contribution in [0.2, 0.25) is 0 Å². The van der Waals surface area contributed by atoms with E-state index in [1.54, 1.807) is 0 Å². The largest absolute Gasteiger partial charge is 0.382 e. The first-order chi connectivity index (χ1) is 7.39. The van der Waals surface area contributed by atoms with E-state index in [-0.39, 0.29) is 11.5 Å². The van der Waals surface area contributed by atoms with Crippen molar-refractivity contribution >= 4 is 21.5 Å². The van der Waals surface area contributed by atoms with Crippen molar-refractivity contribution < 1.29 is 8.42 Å². The molecule has 1 atom stereocenters. The third-order valence-electron chi connectivity index (χ3n) is 2.60. The summed E-state index contributed by atoms with van der Waals surface area (Å²) in [5, 5.41) is 3.09. The summed E-state index contributed by atoms with van der Waals surface area (Å²) in [7, 11) is -2.92. The molecule has 0 radical (unpaired) electrons. The molecule has 0 bridgehead atoms. The second-order valence-electron chi connectivity index (χ2n) is 4.35. The zero-order valence-corrected chi connectivity index (χ0v) is 9.79. The van der Waals surface area contributed by atoms with Crippen LogP contribution in [0.5, 0.6) is 0 Å². The smallest absolute Gasteiger partial charge is 0.152 e. The Bertz CT molecular complexity index is 485. The van der Waals surface area contributed by atoms with Crippen molar-refractivity contribution in [3.05, 3.63) is 12.4 Å². The van der Waals surface area contributed by atoms with Gasteiger partial charge in [0, 0.05) is 0 Å². The van der Waals surface area contributed by atoms with E-state index < -0.39 is 15.4 Å². The molecule has 1 saturated heterocycles. The summed E-state index contributed by atoms with van der Waals surface area (Å²) in [6.45, 7) is 1.87. The van der Waals surface area contributed by atoms with Gasteiger partial charge in [0.15, 0.2) is 9.84 Å². The number of nitrogens with one attached hydrogen (secondary N) is 1. The minimum absolute atomic E-state index is 0.131. The van der Waals surface area contributed by atoms with Crippen LogP contribution >= 0.6 is 0 Å². The number of nitrogens with zero attached hydrogens (tertiary/aromatic N) is 2. The summed E-state index contributed by atoms with van der Waals surface area (Å²) < 4.78 is 22.8. The number of aromatic nitrogens is 2. The Kier molecular flexibility index (Phi) is 2.49. The minimum atomic E-state index is -2.92. The maximum Gasteiger partial charge on any atom is 0.152 e. The van der Waals surface area contributed by atoms with Crippen LogP contribution < -0.4 is 11.1 Å². The normalized spacial score (nSPS) is 27.8. The van der Waals surface area contributed by atoms with Gasteiger partial charge in [-0.3, -0.25) is 0 Å². The minimum Gasteiger partial charge on any atom is -0.382 e. The highest BCUT2D eigenvalue weighted by molar-refractivity contribution is 7.91. The van der Waals surface area contributed by atoms with Crippen LogP contribution in [0.1, 0.15) is 13.3 Å². The summed E-state index contributed by atoms with van der Waals surface area (Å²) in [6.07, 6.45) is 3.53. The predicted molar refractivity (Wildman–Crippen MR) is 61.7 cm³/mol. The van der Waals surface area contributed by atoms with E-state index in [1.807, 2.05) is 6.92 Å². The van der Waals surface area contributed by atoms with Gasteiger partial charge in [-0.15, -0.1) is 0 Å². The fourth-order valence-electron chi connectivity index (χ4n) is 1.82. The van der Waals surface area contributed by atoms with Crippen LogP contribution in [-0.4, -0.2) is 35.4 Å². The SMILES string of the molecule is CC1(Nc2cnc(N)cn2)CCS(=O)(=O)C1. The fourth-order valence-corrected chi connectivity index (χ4v) is 3.91. The molecule has 88 valence electrons. The van der Waals surface area contributed by atoms with Gasteiger partial charge in [0.1, 0.15) is 11.6 Å². The molecule has 0 aromatic carbocycles. The first kappa shape index (κ1) is 11.1. The van der Waals surface area contributed by atoms with E-state index in [0.29, 0.717) is 18.1 Å². The highest BCUT2D eigenvalue weighted by Gasteiger charge is 2.38. The summed E-state index contributed by atoms with van der Waals surface area (Å²) >= 11 is 0. The maximum absolute atomic E-state index is 11.4. The quantitative estimate of drug-likeness (QED) is 0.760. The number of hydrogen-bond acceptors (Lipinski definition) is 6. The lowest BCUT2D eigenvalue weighted by Crippen LogP contribution is -2.36. The lowest BCUT2D eigenvalue weighted by atomic mass is 10.0. The standard InChI is InChI=1S/C9H14N4O2S/c1-9(2-3-16(14,15)6-9)13-8-5-11-7(10)4-12-8/h4-5H,2-3,6H2,1H3,(H2,10,11)(H,12,13). The predicted octanol–water partition coefficient (Wildman–Crippen LogP) is 0.0479. The summed E-state index contributed by atoms with van der Waals surface area (Å²) in [4.78, 5) is 7.93. The van der Waals surface area contributed by atoms with Crippen molar-refractivity contribution in [3.8, 4) is 0 Å². The van der Waals surface area contributed by atoms with Gasteiger partial charge < -0.3 is 11.1 Å². The summed E-state index contributed by atoms with van der Waals surface area (Å²) in [5.74, 6) is 1.24. The van der Waals surface area contributed by atoms with Crippen molar-refractivity contribution in [2.75, 3.05) is 22.6 Å². The number of nitrogen functional groups attached to an aromatic ring is 1. The van der Waals surface area contributed by atoms with Crippen LogP contribution in [0.4, 0.5) is 11.6 Å². The van der Waals surface area contributed by atoms with E-state index in [4.69, 9.17) is 5.73 Å². The molecule has 0 aliphatic carbocycles. The van der Waals surface area contributed by atoms with Gasteiger partial charge in [-0.25, -0.2) is 18.4 Å².